The molecule has 2 aliphatic rings. The molecule has 0 bridgehead atoms. The van der Waals surface area contributed by atoms with Gasteiger partial charge >= 0.3 is 0 Å². The van der Waals surface area contributed by atoms with Crippen LogP contribution in [0.2, 0.25) is 0 Å². The van der Waals surface area contributed by atoms with E-state index in [9.17, 15) is 4.79 Å². The minimum atomic E-state index is -0.186. The van der Waals surface area contributed by atoms with Crippen LogP contribution in [0.4, 0.5) is 0 Å². The van der Waals surface area contributed by atoms with E-state index in [1.807, 2.05) is 6.92 Å². The van der Waals surface area contributed by atoms with Gasteiger partial charge in [-0.25, -0.2) is 0 Å². The number of hydrogen-bond donors (Lipinski definition) is 2. The molecule has 1 aliphatic heterocycles. The lowest BCUT2D eigenvalue weighted by molar-refractivity contribution is -0.122. The Hall–Kier alpha value is -0.710. The number of amides is 1. The van der Waals surface area contributed by atoms with Crippen molar-refractivity contribution >= 4 is 22.8 Å². The molecule has 18 heavy (non-hydrogen) atoms. The summed E-state index contributed by atoms with van der Waals surface area (Å²) in [5.41, 5.74) is 0. The van der Waals surface area contributed by atoms with Crippen molar-refractivity contribution in [3.8, 4) is 0 Å². The summed E-state index contributed by atoms with van der Waals surface area (Å²) in [5.74, 6) is 0.792. The number of carbonyl (C=O) groups is 1. The molecule has 0 spiro atoms. The van der Waals surface area contributed by atoms with Crippen LogP contribution in [-0.4, -0.2) is 35.0 Å². The average Bonchev–Trinajstić information content (AvgIpc) is 2.99. The highest BCUT2D eigenvalue weighted by molar-refractivity contribution is 8.14. The third-order valence-corrected chi connectivity index (χ3v) is 4.25. The lowest BCUT2D eigenvalue weighted by Gasteiger charge is -2.15. The van der Waals surface area contributed by atoms with Crippen molar-refractivity contribution in [2.24, 2.45) is 10.9 Å². The van der Waals surface area contributed by atoms with Crippen LogP contribution in [0.15, 0.2) is 4.99 Å². The predicted molar refractivity (Wildman–Crippen MR) is 76.9 cm³/mol. The predicted octanol–water partition coefficient (Wildman–Crippen LogP) is 1.76. The van der Waals surface area contributed by atoms with Crippen molar-refractivity contribution in [1.82, 2.24) is 10.6 Å². The molecule has 2 unspecified atom stereocenters. The molecule has 2 N–H and O–H groups in total. The van der Waals surface area contributed by atoms with E-state index in [0.29, 0.717) is 17.2 Å². The van der Waals surface area contributed by atoms with Crippen LogP contribution in [0.3, 0.4) is 0 Å². The minimum Gasteiger partial charge on any atom is -0.353 e. The highest BCUT2D eigenvalue weighted by atomic mass is 32.2. The van der Waals surface area contributed by atoms with Gasteiger partial charge in [0.05, 0.1) is 6.54 Å². The summed E-state index contributed by atoms with van der Waals surface area (Å²) in [6.45, 7) is 7.24. The summed E-state index contributed by atoms with van der Waals surface area (Å²) >= 11 is 1.78. The molecule has 1 amide bonds. The molecular weight excluding hydrogens is 246 g/mol. The Labute approximate surface area is 113 Å². The molecule has 0 aromatic carbocycles. The van der Waals surface area contributed by atoms with Gasteiger partial charge in [-0.2, -0.15) is 0 Å². The Bertz CT molecular complexity index is 339. The molecule has 1 heterocycles. The second-order valence-corrected chi connectivity index (χ2v) is 6.95. The Kier molecular flexibility index (Phi) is 4.54. The van der Waals surface area contributed by atoms with Crippen molar-refractivity contribution in [3.63, 3.8) is 0 Å². The summed E-state index contributed by atoms with van der Waals surface area (Å²) in [4.78, 5) is 16.3. The lowest BCUT2D eigenvalue weighted by Crippen LogP contribution is -2.44. The number of rotatable bonds is 5. The van der Waals surface area contributed by atoms with E-state index in [0.717, 1.165) is 24.6 Å². The molecule has 102 valence electrons. The zero-order valence-electron chi connectivity index (χ0n) is 11.4. The van der Waals surface area contributed by atoms with E-state index in [1.165, 1.54) is 6.42 Å². The first-order valence-electron chi connectivity index (χ1n) is 6.82. The Morgan fingerprint density at radius 1 is 1.44 bits per heavy atom. The van der Waals surface area contributed by atoms with Crippen LogP contribution in [0.5, 0.6) is 0 Å². The monoisotopic (exact) mass is 269 g/mol. The zero-order valence-corrected chi connectivity index (χ0v) is 12.2. The van der Waals surface area contributed by atoms with E-state index in [-0.39, 0.29) is 11.9 Å². The zero-order chi connectivity index (χ0) is 13.1. The highest BCUT2D eigenvalue weighted by Gasteiger charge is 2.27. The number of nitrogens with one attached hydrogen (secondary N) is 2. The van der Waals surface area contributed by atoms with Crippen molar-refractivity contribution in [2.75, 3.05) is 6.54 Å². The lowest BCUT2D eigenvalue weighted by atomic mass is 10.1. The van der Waals surface area contributed by atoms with Crippen molar-refractivity contribution < 1.29 is 4.79 Å². The van der Waals surface area contributed by atoms with Gasteiger partial charge in [-0.3, -0.25) is 9.79 Å². The standard InChI is InChI=1S/C13H23N3OS/c1-8(2)6-11-7-14-13(18-11)15-9(3)12(17)16-10-4-5-10/h8-11H,4-7H2,1-3H3,(H,14,15)(H,16,17). The van der Waals surface area contributed by atoms with Crippen molar-refractivity contribution in [2.45, 2.75) is 57.4 Å². The van der Waals surface area contributed by atoms with E-state index in [1.54, 1.807) is 11.8 Å². The summed E-state index contributed by atoms with van der Waals surface area (Å²) in [6.07, 6.45) is 3.44. The third kappa shape index (κ3) is 4.19. The summed E-state index contributed by atoms with van der Waals surface area (Å²) in [7, 11) is 0. The van der Waals surface area contributed by atoms with Crippen LogP contribution in [0.25, 0.3) is 0 Å². The van der Waals surface area contributed by atoms with Gasteiger partial charge in [-0.1, -0.05) is 25.6 Å². The van der Waals surface area contributed by atoms with Gasteiger partial charge in [0.15, 0.2) is 5.17 Å². The Morgan fingerprint density at radius 3 is 2.78 bits per heavy atom. The maximum absolute atomic E-state index is 11.8. The highest BCUT2D eigenvalue weighted by Crippen LogP contribution is 2.25. The fourth-order valence-corrected chi connectivity index (χ4v) is 3.29. The van der Waals surface area contributed by atoms with Crippen molar-refractivity contribution in [1.29, 1.82) is 0 Å². The van der Waals surface area contributed by atoms with Crippen LogP contribution in [0, 0.1) is 5.92 Å². The van der Waals surface area contributed by atoms with Gasteiger partial charge in [0.2, 0.25) is 5.91 Å². The maximum atomic E-state index is 11.8. The number of nitrogens with zero attached hydrogens (tertiary/aromatic N) is 1. The number of amidine groups is 1. The molecule has 1 saturated carbocycles. The fraction of sp³-hybridized carbons (Fsp3) is 0.846. The topological polar surface area (TPSA) is 53.5 Å². The van der Waals surface area contributed by atoms with Gasteiger partial charge in [0.25, 0.3) is 0 Å². The summed E-state index contributed by atoms with van der Waals surface area (Å²) in [6, 6.07) is 0.239. The molecule has 0 saturated heterocycles. The third-order valence-electron chi connectivity index (χ3n) is 3.11. The number of carbonyl (C=O) groups excluding carboxylic acids is 1. The largest absolute Gasteiger partial charge is 0.353 e. The number of thioether (sulfide) groups is 1. The summed E-state index contributed by atoms with van der Waals surface area (Å²) in [5, 5.41) is 7.73. The van der Waals surface area contributed by atoms with Crippen LogP contribution >= 0.6 is 11.8 Å². The van der Waals surface area contributed by atoms with E-state index in [4.69, 9.17) is 0 Å². The summed E-state index contributed by atoms with van der Waals surface area (Å²) < 4.78 is 0. The quantitative estimate of drug-likeness (QED) is 0.799. The van der Waals surface area contributed by atoms with Gasteiger partial charge in [-0.15, -0.1) is 0 Å². The smallest absolute Gasteiger partial charge is 0.242 e. The molecule has 0 aromatic rings. The fourth-order valence-electron chi connectivity index (χ4n) is 1.95. The molecule has 2 atom stereocenters. The first kappa shape index (κ1) is 13.7. The first-order valence-corrected chi connectivity index (χ1v) is 7.70. The van der Waals surface area contributed by atoms with Crippen LogP contribution < -0.4 is 10.6 Å². The normalized spacial score (nSPS) is 24.9. The molecule has 2 rings (SSSR count). The number of hydrogen-bond acceptors (Lipinski definition) is 4. The van der Waals surface area contributed by atoms with Crippen LogP contribution in [-0.2, 0) is 4.79 Å². The SMILES string of the molecule is CC(C)CC1CN=C(NC(C)C(=O)NC2CC2)S1. The number of aliphatic imine (C=N–C) groups is 1. The molecule has 1 aliphatic carbocycles. The second-order valence-electron chi connectivity index (χ2n) is 5.66. The van der Waals surface area contributed by atoms with Gasteiger partial charge in [0, 0.05) is 11.3 Å². The molecule has 5 heteroatoms. The van der Waals surface area contributed by atoms with Gasteiger partial charge in [-0.05, 0) is 32.1 Å². The Balaban J connectivity index is 1.71. The molecule has 0 radical (unpaired) electrons. The maximum Gasteiger partial charge on any atom is 0.242 e. The molecule has 0 aromatic heterocycles. The van der Waals surface area contributed by atoms with E-state index in [2.05, 4.69) is 29.5 Å². The average molecular weight is 269 g/mol. The van der Waals surface area contributed by atoms with Gasteiger partial charge in [0.1, 0.15) is 6.04 Å². The molecule has 1 fully saturated rings. The second kappa shape index (κ2) is 5.95. The van der Waals surface area contributed by atoms with E-state index >= 15 is 0 Å². The van der Waals surface area contributed by atoms with E-state index < -0.39 is 0 Å². The van der Waals surface area contributed by atoms with Gasteiger partial charge < -0.3 is 10.6 Å². The Morgan fingerprint density at radius 2 is 2.17 bits per heavy atom. The van der Waals surface area contributed by atoms with Crippen molar-refractivity contribution in [3.05, 3.63) is 0 Å². The molecular formula is C13H23N3OS. The molecule has 4 nitrogen and oxygen atoms in total. The minimum absolute atomic E-state index is 0.0908. The first-order chi connectivity index (χ1) is 8.54. The van der Waals surface area contributed by atoms with Crippen LogP contribution in [0.1, 0.15) is 40.0 Å².